The quantitative estimate of drug-likeness (QED) is 0.397. The number of fused-ring (bicyclic) bond motifs is 2. The van der Waals surface area contributed by atoms with Gasteiger partial charge in [-0.25, -0.2) is 0 Å². The zero-order valence-corrected chi connectivity index (χ0v) is 17.9. The van der Waals surface area contributed by atoms with Crippen molar-refractivity contribution in [1.82, 2.24) is 14.5 Å². The molecule has 0 saturated carbocycles. The second-order valence-corrected chi connectivity index (χ2v) is 7.59. The number of ether oxygens (including phenoxy) is 1. The van der Waals surface area contributed by atoms with E-state index in [0.717, 1.165) is 16.3 Å². The van der Waals surface area contributed by atoms with Crippen LogP contribution in [0.25, 0.3) is 21.8 Å². The summed E-state index contributed by atoms with van der Waals surface area (Å²) in [5, 5.41) is 4.57. The van der Waals surface area contributed by atoms with Gasteiger partial charge >= 0.3 is 0 Å². The predicted molar refractivity (Wildman–Crippen MR) is 127 cm³/mol. The number of carbonyl (C=O) groups is 2. The van der Waals surface area contributed by atoms with Crippen molar-refractivity contribution < 1.29 is 14.3 Å². The minimum Gasteiger partial charge on any atom is -0.497 e. The molecule has 0 spiro atoms. The second-order valence-electron chi connectivity index (χ2n) is 7.59. The van der Waals surface area contributed by atoms with Crippen LogP contribution in [0.2, 0.25) is 0 Å². The van der Waals surface area contributed by atoms with Gasteiger partial charge in [-0.2, -0.15) is 0 Å². The SMILES string of the molecule is COc1ccc(C(=O)c2cn(CC(=O)Nc3cnc4ccccc4c3)c3cnccc23)cc1. The lowest BCUT2D eigenvalue weighted by atomic mass is 10.0. The number of nitrogens with one attached hydrogen (secondary N) is 1. The van der Waals surface area contributed by atoms with Crippen molar-refractivity contribution in [1.29, 1.82) is 0 Å². The molecule has 5 rings (SSSR count). The topological polar surface area (TPSA) is 86.1 Å². The second kappa shape index (κ2) is 8.55. The first-order chi connectivity index (χ1) is 16.1. The smallest absolute Gasteiger partial charge is 0.244 e. The van der Waals surface area contributed by atoms with Gasteiger partial charge in [0.15, 0.2) is 5.78 Å². The number of hydrogen-bond donors (Lipinski definition) is 1. The van der Waals surface area contributed by atoms with E-state index < -0.39 is 0 Å². The van der Waals surface area contributed by atoms with E-state index in [4.69, 9.17) is 4.74 Å². The van der Waals surface area contributed by atoms with E-state index in [-0.39, 0.29) is 18.2 Å². The number of para-hydroxylation sites is 1. The van der Waals surface area contributed by atoms with Gasteiger partial charge in [-0.1, -0.05) is 18.2 Å². The summed E-state index contributed by atoms with van der Waals surface area (Å²) in [4.78, 5) is 34.5. The summed E-state index contributed by atoms with van der Waals surface area (Å²) < 4.78 is 6.91. The Morgan fingerprint density at radius 2 is 1.85 bits per heavy atom. The van der Waals surface area contributed by atoms with Gasteiger partial charge in [-0.3, -0.25) is 19.6 Å². The predicted octanol–water partition coefficient (Wildman–Crippen LogP) is 4.46. The van der Waals surface area contributed by atoms with Crippen LogP contribution in [0.1, 0.15) is 15.9 Å². The molecule has 3 heterocycles. The third-order valence-electron chi connectivity index (χ3n) is 5.47. The summed E-state index contributed by atoms with van der Waals surface area (Å²) in [5.41, 5.74) is 3.24. The summed E-state index contributed by atoms with van der Waals surface area (Å²) in [5.74, 6) is 0.320. The largest absolute Gasteiger partial charge is 0.497 e. The number of aromatic nitrogens is 3. The number of ketones is 1. The highest BCUT2D eigenvalue weighted by Gasteiger charge is 2.18. The molecule has 2 aromatic carbocycles. The molecule has 0 radical (unpaired) electrons. The van der Waals surface area contributed by atoms with E-state index in [2.05, 4.69) is 15.3 Å². The molecular weight excluding hydrogens is 416 g/mol. The lowest BCUT2D eigenvalue weighted by Crippen LogP contribution is -2.18. The first-order valence-electron chi connectivity index (χ1n) is 10.4. The molecule has 0 fully saturated rings. The standard InChI is InChI=1S/C26H20N4O3/c1-33-20-8-6-17(7-9-20)26(32)22-15-30(24-14-27-11-10-21(22)24)16-25(31)29-19-12-18-4-2-3-5-23(18)28-13-19/h2-15H,16H2,1H3,(H,29,31). The van der Waals surface area contributed by atoms with E-state index in [1.807, 2.05) is 30.3 Å². The van der Waals surface area contributed by atoms with Crippen LogP contribution >= 0.6 is 0 Å². The Morgan fingerprint density at radius 3 is 2.67 bits per heavy atom. The zero-order valence-electron chi connectivity index (χ0n) is 17.9. The van der Waals surface area contributed by atoms with E-state index in [1.54, 1.807) is 66.8 Å². The van der Waals surface area contributed by atoms with Gasteiger partial charge in [0.25, 0.3) is 0 Å². The van der Waals surface area contributed by atoms with Crippen LogP contribution in [0.3, 0.4) is 0 Å². The number of pyridine rings is 2. The average molecular weight is 436 g/mol. The molecule has 0 bridgehead atoms. The van der Waals surface area contributed by atoms with Crippen LogP contribution in [-0.2, 0) is 11.3 Å². The van der Waals surface area contributed by atoms with Crippen LogP contribution in [0.15, 0.2) is 85.5 Å². The molecule has 0 unspecified atom stereocenters. The van der Waals surface area contributed by atoms with Crippen LogP contribution in [0.5, 0.6) is 5.75 Å². The van der Waals surface area contributed by atoms with Crippen molar-refractivity contribution in [2.75, 3.05) is 12.4 Å². The fraction of sp³-hybridized carbons (Fsp3) is 0.0769. The van der Waals surface area contributed by atoms with Crippen molar-refractivity contribution >= 4 is 39.2 Å². The Balaban J connectivity index is 1.42. The zero-order chi connectivity index (χ0) is 22.8. The normalized spacial score (nSPS) is 10.9. The molecule has 7 heteroatoms. The van der Waals surface area contributed by atoms with E-state index in [0.29, 0.717) is 28.1 Å². The number of methoxy groups -OCH3 is 1. The summed E-state index contributed by atoms with van der Waals surface area (Å²) in [7, 11) is 1.58. The van der Waals surface area contributed by atoms with Crippen molar-refractivity contribution in [3.05, 3.63) is 96.6 Å². The van der Waals surface area contributed by atoms with Crippen molar-refractivity contribution in [2.45, 2.75) is 6.54 Å². The Hall–Kier alpha value is -4.52. The van der Waals surface area contributed by atoms with Gasteiger partial charge < -0.3 is 14.6 Å². The lowest BCUT2D eigenvalue weighted by molar-refractivity contribution is -0.116. The molecule has 7 nitrogen and oxygen atoms in total. The van der Waals surface area contributed by atoms with E-state index in [1.165, 1.54) is 0 Å². The fourth-order valence-electron chi connectivity index (χ4n) is 3.84. The summed E-state index contributed by atoms with van der Waals surface area (Å²) in [6, 6.07) is 18.3. The maximum Gasteiger partial charge on any atom is 0.244 e. The number of hydrogen-bond acceptors (Lipinski definition) is 5. The van der Waals surface area contributed by atoms with Crippen LogP contribution in [-0.4, -0.2) is 33.3 Å². The number of nitrogens with zero attached hydrogens (tertiary/aromatic N) is 3. The Morgan fingerprint density at radius 1 is 1.03 bits per heavy atom. The summed E-state index contributed by atoms with van der Waals surface area (Å²) >= 11 is 0. The minimum absolute atomic E-state index is 0.0327. The number of rotatable bonds is 6. The number of benzene rings is 2. The maximum atomic E-state index is 13.2. The highest BCUT2D eigenvalue weighted by Crippen LogP contribution is 2.24. The van der Waals surface area contributed by atoms with Crippen LogP contribution < -0.4 is 10.1 Å². The van der Waals surface area contributed by atoms with Crippen molar-refractivity contribution in [3.8, 4) is 5.75 Å². The highest BCUT2D eigenvalue weighted by molar-refractivity contribution is 6.16. The van der Waals surface area contributed by atoms with Gasteiger partial charge in [-0.15, -0.1) is 0 Å². The molecule has 0 aliphatic rings. The van der Waals surface area contributed by atoms with Crippen molar-refractivity contribution in [3.63, 3.8) is 0 Å². The minimum atomic E-state index is -0.226. The monoisotopic (exact) mass is 436 g/mol. The molecule has 33 heavy (non-hydrogen) atoms. The third kappa shape index (κ3) is 4.04. The van der Waals surface area contributed by atoms with Gasteiger partial charge in [0.2, 0.25) is 5.91 Å². The van der Waals surface area contributed by atoms with Crippen LogP contribution in [0, 0.1) is 0 Å². The van der Waals surface area contributed by atoms with E-state index >= 15 is 0 Å². The van der Waals surface area contributed by atoms with Crippen LogP contribution in [0.4, 0.5) is 5.69 Å². The molecule has 1 amide bonds. The average Bonchev–Trinajstić information content (AvgIpc) is 3.21. The molecule has 3 aromatic heterocycles. The Kier molecular flexibility index (Phi) is 5.28. The Labute approximate surface area is 189 Å². The van der Waals surface area contributed by atoms with Crippen molar-refractivity contribution in [2.24, 2.45) is 0 Å². The molecule has 162 valence electrons. The number of anilines is 1. The summed E-state index contributed by atoms with van der Waals surface area (Å²) in [6.45, 7) is 0.0327. The molecule has 0 atom stereocenters. The molecule has 0 aliphatic heterocycles. The fourth-order valence-corrected chi connectivity index (χ4v) is 3.84. The van der Waals surface area contributed by atoms with Gasteiger partial charge in [0, 0.05) is 34.3 Å². The first kappa shape index (κ1) is 20.4. The summed E-state index contributed by atoms with van der Waals surface area (Å²) in [6.07, 6.45) is 6.63. The first-order valence-corrected chi connectivity index (χ1v) is 10.4. The molecule has 1 N–H and O–H groups in total. The number of carbonyl (C=O) groups excluding carboxylic acids is 2. The molecule has 0 aliphatic carbocycles. The molecule has 0 saturated heterocycles. The molecular formula is C26H20N4O3. The lowest BCUT2D eigenvalue weighted by Gasteiger charge is -2.08. The van der Waals surface area contributed by atoms with E-state index in [9.17, 15) is 9.59 Å². The van der Waals surface area contributed by atoms with Gasteiger partial charge in [0.1, 0.15) is 12.3 Å². The number of amides is 1. The maximum absolute atomic E-state index is 13.2. The van der Waals surface area contributed by atoms with Gasteiger partial charge in [0.05, 0.1) is 36.2 Å². The third-order valence-corrected chi connectivity index (χ3v) is 5.47. The highest BCUT2D eigenvalue weighted by atomic mass is 16.5. The Bertz CT molecular complexity index is 1490. The molecule has 5 aromatic rings. The van der Waals surface area contributed by atoms with Gasteiger partial charge in [-0.05, 0) is 42.5 Å².